The molecule has 0 unspecified atom stereocenters. The van der Waals surface area contributed by atoms with E-state index in [2.05, 4.69) is 5.32 Å². The van der Waals surface area contributed by atoms with E-state index in [0.717, 1.165) is 0 Å². The smallest absolute Gasteiger partial charge is 0.410 e. The molecule has 0 saturated heterocycles. The highest BCUT2D eigenvalue weighted by atomic mass is 35.5. The van der Waals surface area contributed by atoms with Crippen molar-refractivity contribution in [2.45, 2.75) is 12.8 Å². The van der Waals surface area contributed by atoms with Crippen molar-refractivity contribution in [3.63, 3.8) is 0 Å². The zero-order chi connectivity index (χ0) is 19.5. The van der Waals surface area contributed by atoms with Crippen LogP contribution >= 0.6 is 11.6 Å². The maximum Gasteiger partial charge on any atom is 0.410 e. The third-order valence-corrected chi connectivity index (χ3v) is 3.51. The Morgan fingerprint density at radius 1 is 0.926 bits per heavy atom. The molecule has 7 nitrogen and oxygen atoms in total. The van der Waals surface area contributed by atoms with Gasteiger partial charge in [-0.1, -0.05) is 29.8 Å². The van der Waals surface area contributed by atoms with Gasteiger partial charge in [0.1, 0.15) is 5.75 Å². The first-order valence-corrected chi connectivity index (χ1v) is 8.51. The predicted molar refractivity (Wildman–Crippen MR) is 97.5 cm³/mol. The third kappa shape index (κ3) is 7.79. The number of carbonyl (C=O) groups is 3. The number of benzene rings is 2. The Balaban J connectivity index is 1.54. The first kappa shape index (κ1) is 20.3. The number of esters is 2. The second kappa shape index (κ2) is 10.8. The van der Waals surface area contributed by atoms with Crippen molar-refractivity contribution in [1.29, 1.82) is 0 Å². The Morgan fingerprint density at radius 3 is 2.33 bits per heavy atom. The fourth-order valence-corrected chi connectivity index (χ4v) is 2.08. The summed E-state index contributed by atoms with van der Waals surface area (Å²) in [7, 11) is 0. The highest BCUT2D eigenvalue weighted by molar-refractivity contribution is 6.30. The van der Waals surface area contributed by atoms with Crippen LogP contribution in [-0.2, 0) is 14.3 Å². The zero-order valence-corrected chi connectivity index (χ0v) is 15.1. The van der Waals surface area contributed by atoms with Crippen molar-refractivity contribution in [2.24, 2.45) is 0 Å². The molecule has 0 aliphatic heterocycles. The van der Waals surface area contributed by atoms with Gasteiger partial charge in [-0.05, 0) is 42.8 Å². The fraction of sp³-hybridized carbons (Fsp3) is 0.211. The lowest BCUT2D eigenvalue weighted by Crippen LogP contribution is -2.27. The topological polar surface area (TPSA) is 90.9 Å². The number of carbonyl (C=O) groups excluding carboxylic acids is 3. The summed E-state index contributed by atoms with van der Waals surface area (Å²) in [6.45, 7) is -0.292. The van der Waals surface area contributed by atoms with Gasteiger partial charge in [0.25, 0.3) is 0 Å². The van der Waals surface area contributed by atoms with Gasteiger partial charge in [0.2, 0.25) is 6.79 Å². The summed E-state index contributed by atoms with van der Waals surface area (Å²) in [4.78, 5) is 34.8. The first-order valence-electron chi connectivity index (χ1n) is 8.13. The summed E-state index contributed by atoms with van der Waals surface area (Å²) in [5.74, 6) is -0.616. The highest BCUT2D eigenvalue weighted by Crippen LogP contribution is 2.16. The van der Waals surface area contributed by atoms with E-state index in [0.29, 0.717) is 22.8 Å². The van der Waals surface area contributed by atoms with Crippen molar-refractivity contribution >= 4 is 29.6 Å². The number of nitrogens with one attached hydrogen (secondary N) is 1. The molecule has 0 aliphatic rings. The quantitative estimate of drug-likeness (QED) is 0.320. The first-order chi connectivity index (χ1) is 13.0. The van der Waals surface area contributed by atoms with Crippen LogP contribution in [0.3, 0.4) is 0 Å². The molecule has 0 saturated carbocycles. The number of amides is 1. The molecule has 2 aromatic rings. The van der Waals surface area contributed by atoms with Crippen LogP contribution in [0, 0.1) is 0 Å². The van der Waals surface area contributed by atoms with Crippen molar-refractivity contribution in [1.82, 2.24) is 5.32 Å². The molecule has 0 aliphatic carbocycles. The van der Waals surface area contributed by atoms with E-state index in [1.807, 2.05) is 0 Å². The SMILES string of the molecule is O=C(CCCNC(=O)OCOC(=O)c1ccccc1)Oc1ccc(Cl)cc1. The van der Waals surface area contributed by atoms with Gasteiger partial charge in [-0.15, -0.1) is 0 Å². The number of rotatable bonds is 8. The van der Waals surface area contributed by atoms with E-state index in [9.17, 15) is 14.4 Å². The molecular formula is C19H18ClNO6. The predicted octanol–water partition coefficient (Wildman–Crippen LogP) is 3.57. The molecular weight excluding hydrogens is 374 g/mol. The summed E-state index contributed by atoms with van der Waals surface area (Å²) in [5, 5.41) is 2.99. The lowest BCUT2D eigenvalue weighted by atomic mass is 10.2. The number of hydrogen-bond acceptors (Lipinski definition) is 6. The molecule has 0 atom stereocenters. The molecule has 1 N–H and O–H groups in total. The van der Waals surface area contributed by atoms with Crippen LogP contribution in [0.15, 0.2) is 54.6 Å². The monoisotopic (exact) mass is 391 g/mol. The summed E-state index contributed by atoms with van der Waals surface area (Å²) < 4.78 is 14.6. The highest BCUT2D eigenvalue weighted by Gasteiger charge is 2.09. The molecule has 0 radical (unpaired) electrons. The Labute approximate surface area is 161 Å². The van der Waals surface area contributed by atoms with Crippen molar-refractivity contribution in [2.75, 3.05) is 13.3 Å². The summed E-state index contributed by atoms with van der Waals surface area (Å²) in [6.07, 6.45) is -0.265. The van der Waals surface area contributed by atoms with Gasteiger partial charge in [-0.25, -0.2) is 9.59 Å². The normalized spacial score (nSPS) is 9.96. The van der Waals surface area contributed by atoms with Crippen LogP contribution in [-0.4, -0.2) is 31.4 Å². The number of ether oxygens (including phenoxy) is 3. The van der Waals surface area contributed by atoms with Crippen LogP contribution in [0.25, 0.3) is 0 Å². The van der Waals surface area contributed by atoms with E-state index >= 15 is 0 Å². The maximum atomic E-state index is 11.7. The van der Waals surface area contributed by atoms with E-state index in [1.54, 1.807) is 54.6 Å². The lowest BCUT2D eigenvalue weighted by molar-refractivity contribution is -0.134. The second-order valence-electron chi connectivity index (χ2n) is 5.31. The molecule has 0 bridgehead atoms. The molecule has 0 fully saturated rings. The zero-order valence-electron chi connectivity index (χ0n) is 14.4. The minimum absolute atomic E-state index is 0.117. The van der Waals surface area contributed by atoms with E-state index in [4.69, 9.17) is 25.8 Å². The molecule has 8 heteroatoms. The van der Waals surface area contributed by atoms with Crippen molar-refractivity contribution in [3.05, 3.63) is 65.2 Å². The fourth-order valence-electron chi connectivity index (χ4n) is 1.95. The van der Waals surface area contributed by atoms with Crippen LogP contribution in [0.1, 0.15) is 23.2 Å². The van der Waals surface area contributed by atoms with Crippen LogP contribution in [0.2, 0.25) is 5.02 Å². The van der Waals surface area contributed by atoms with Gasteiger partial charge >= 0.3 is 18.0 Å². The minimum atomic E-state index is -0.748. The molecule has 2 rings (SSSR count). The van der Waals surface area contributed by atoms with Gasteiger partial charge in [0.15, 0.2) is 0 Å². The molecule has 0 aromatic heterocycles. The van der Waals surface area contributed by atoms with Crippen molar-refractivity contribution in [3.8, 4) is 5.75 Å². The molecule has 27 heavy (non-hydrogen) atoms. The molecule has 2 aromatic carbocycles. The lowest BCUT2D eigenvalue weighted by Gasteiger charge is -2.08. The molecule has 142 valence electrons. The largest absolute Gasteiger partial charge is 0.427 e. The van der Waals surface area contributed by atoms with Crippen LogP contribution in [0.4, 0.5) is 4.79 Å². The Morgan fingerprint density at radius 2 is 1.63 bits per heavy atom. The Kier molecular flexibility index (Phi) is 8.12. The summed E-state index contributed by atoms with van der Waals surface area (Å²) in [6, 6.07) is 14.8. The van der Waals surface area contributed by atoms with Gasteiger partial charge in [0.05, 0.1) is 5.56 Å². The van der Waals surface area contributed by atoms with Gasteiger partial charge in [0, 0.05) is 18.0 Å². The van der Waals surface area contributed by atoms with Crippen molar-refractivity contribution < 1.29 is 28.6 Å². The average molecular weight is 392 g/mol. The summed E-state index contributed by atoms with van der Waals surface area (Å²) in [5.41, 5.74) is 0.362. The molecule has 1 amide bonds. The van der Waals surface area contributed by atoms with E-state index in [-0.39, 0.29) is 13.0 Å². The molecule has 0 heterocycles. The maximum absolute atomic E-state index is 11.7. The number of hydrogen-bond donors (Lipinski definition) is 1. The minimum Gasteiger partial charge on any atom is -0.427 e. The Bertz CT molecular complexity index is 764. The second-order valence-corrected chi connectivity index (χ2v) is 5.74. The van der Waals surface area contributed by atoms with E-state index < -0.39 is 24.8 Å². The number of halogens is 1. The van der Waals surface area contributed by atoms with E-state index in [1.165, 1.54) is 0 Å². The van der Waals surface area contributed by atoms with Crippen LogP contribution < -0.4 is 10.1 Å². The standard InChI is InChI=1S/C19H18ClNO6/c20-15-8-10-16(11-9-15)27-17(22)7-4-12-21-19(24)26-13-25-18(23)14-5-2-1-3-6-14/h1-3,5-6,8-11H,4,7,12-13H2,(H,21,24). The Hall–Kier alpha value is -3.06. The summed E-state index contributed by atoms with van der Waals surface area (Å²) >= 11 is 5.74. The average Bonchev–Trinajstić information content (AvgIpc) is 2.67. The van der Waals surface area contributed by atoms with Gasteiger partial charge in [-0.2, -0.15) is 0 Å². The third-order valence-electron chi connectivity index (χ3n) is 3.26. The van der Waals surface area contributed by atoms with Gasteiger partial charge in [-0.3, -0.25) is 4.79 Å². The molecule has 0 spiro atoms. The number of alkyl carbamates (subject to hydrolysis) is 1. The van der Waals surface area contributed by atoms with Crippen LogP contribution in [0.5, 0.6) is 5.75 Å². The van der Waals surface area contributed by atoms with Gasteiger partial charge < -0.3 is 19.5 Å².